The zero-order chi connectivity index (χ0) is 47.5. The van der Waals surface area contributed by atoms with E-state index in [4.69, 9.17) is 23.6 Å². The molecule has 0 saturated heterocycles. The number of hydrogen-bond acceptors (Lipinski definition) is 2. The van der Waals surface area contributed by atoms with Crippen LogP contribution in [-0.4, -0.2) is 0 Å². The minimum atomic E-state index is -0.896. The highest BCUT2D eigenvalue weighted by molar-refractivity contribution is 6.19. The molecule has 0 bridgehead atoms. The standard InChI is InChI=1S/C46H31NO/c1-3-12-32(13-4-1)33-22-24-34(25-23-33)35-26-29-38(30-27-35)47(37-15-5-2-6-16-37)43-20-10-9-18-40(43)41-19-11-21-44-45(41)42-31-28-36-14-7-8-17-39(36)46(42)48-44/h1-31H/i1D,2D,3D,4D,5D,6D,12D,13D,15D,16D,22D,23D,24D,25D,26D,27D,29D,30D. The Balaban J connectivity index is 1.34. The highest BCUT2D eigenvalue weighted by atomic mass is 16.3. The molecule has 0 aliphatic heterocycles. The summed E-state index contributed by atoms with van der Waals surface area (Å²) in [4.78, 5) is 1.06. The summed E-state index contributed by atoms with van der Waals surface area (Å²) in [5, 5.41) is 3.16. The lowest BCUT2D eigenvalue weighted by atomic mass is 9.96. The van der Waals surface area contributed by atoms with Gasteiger partial charge in [-0.3, -0.25) is 0 Å². The second-order valence-electron chi connectivity index (χ2n) is 10.7. The highest BCUT2D eigenvalue weighted by Crippen LogP contribution is 2.45. The quantitative estimate of drug-likeness (QED) is 0.182. The van der Waals surface area contributed by atoms with Crippen LogP contribution in [0.2, 0.25) is 0 Å². The van der Waals surface area contributed by atoms with Crippen molar-refractivity contribution in [3.8, 4) is 33.4 Å². The molecule has 1 aromatic heterocycles. The van der Waals surface area contributed by atoms with Gasteiger partial charge in [-0.25, -0.2) is 0 Å². The van der Waals surface area contributed by atoms with E-state index in [2.05, 4.69) is 0 Å². The molecule has 0 spiro atoms. The number of rotatable bonds is 6. The van der Waals surface area contributed by atoms with E-state index in [-0.39, 0.29) is 5.69 Å². The van der Waals surface area contributed by atoms with Crippen LogP contribution >= 0.6 is 0 Å². The van der Waals surface area contributed by atoms with E-state index >= 15 is 0 Å². The fourth-order valence-electron chi connectivity index (χ4n) is 5.86. The Morgan fingerprint density at radius 3 is 1.77 bits per heavy atom. The van der Waals surface area contributed by atoms with Gasteiger partial charge in [-0.1, -0.05) is 145 Å². The lowest BCUT2D eigenvalue weighted by molar-refractivity contribution is 0.673. The molecule has 0 amide bonds. The van der Waals surface area contributed by atoms with Gasteiger partial charge in [-0.05, 0) is 75.6 Å². The molecule has 2 heteroatoms. The maximum absolute atomic E-state index is 9.53. The molecule has 8 aromatic carbocycles. The smallest absolute Gasteiger partial charge is 0.143 e. The first kappa shape index (κ1) is 15.0. The summed E-state index contributed by atoms with van der Waals surface area (Å²) in [5.74, 6) is 0. The van der Waals surface area contributed by atoms with Crippen LogP contribution in [-0.2, 0) is 0 Å². The first-order valence-corrected chi connectivity index (χ1v) is 14.9. The van der Waals surface area contributed by atoms with Gasteiger partial charge < -0.3 is 9.32 Å². The van der Waals surface area contributed by atoms with Crippen molar-refractivity contribution in [3.05, 3.63) is 188 Å². The summed E-state index contributed by atoms with van der Waals surface area (Å²) < 4.78 is 165. The third kappa shape index (κ3) is 4.83. The molecule has 0 fully saturated rings. The third-order valence-electron chi connectivity index (χ3n) is 7.99. The zero-order valence-corrected chi connectivity index (χ0v) is 24.9. The van der Waals surface area contributed by atoms with E-state index in [1.165, 1.54) is 6.07 Å². The van der Waals surface area contributed by atoms with Crippen LogP contribution in [0.15, 0.2) is 192 Å². The molecule has 9 aromatic rings. The normalized spacial score (nSPS) is 16.6. The largest absolute Gasteiger partial charge is 0.455 e. The Labute approximate surface area is 305 Å². The lowest BCUT2D eigenvalue weighted by Gasteiger charge is -2.28. The van der Waals surface area contributed by atoms with Crippen molar-refractivity contribution >= 4 is 49.8 Å². The summed E-state index contributed by atoms with van der Waals surface area (Å²) >= 11 is 0. The van der Waals surface area contributed by atoms with Gasteiger partial charge in [0.05, 0.1) is 30.4 Å². The molecule has 0 aliphatic rings. The maximum Gasteiger partial charge on any atom is 0.143 e. The van der Waals surface area contributed by atoms with E-state index in [9.17, 15) is 5.48 Å². The Morgan fingerprint density at radius 1 is 0.438 bits per heavy atom. The summed E-state index contributed by atoms with van der Waals surface area (Å²) in [6, 6.07) is 8.76. The number of benzene rings is 8. The average molecular weight is 632 g/mol. The molecular weight excluding hydrogens is 583 g/mol. The molecule has 1 heterocycles. The summed E-state index contributed by atoms with van der Waals surface area (Å²) in [6.45, 7) is 0. The number of anilines is 3. The van der Waals surface area contributed by atoms with Crippen molar-refractivity contribution in [1.82, 2.24) is 0 Å². The second kappa shape index (κ2) is 11.8. The molecule has 226 valence electrons. The van der Waals surface area contributed by atoms with Crippen molar-refractivity contribution in [2.75, 3.05) is 4.90 Å². The van der Waals surface area contributed by atoms with Gasteiger partial charge >= 0.3 is 0 Å². The first-order valence-electron chi connectivity index (χ1n) is 23.9. The van der Waals surface area contributed by atoms with Gasteiger partial charge in [0.1, 0.15) is 11.2 Å². The van der Waals surface area contributed by atoms with Crippen molar-refractivity contribution in [3.63, 3.8) is 0 Å². The zero-order valence-electron chi connectivity index (χ0n) is 42.9. The van der Waals surface area contributed by atoms with Gasteiger partial charge in [0.15, 0.2) is 0 Å². The fourth-order valence-corrected chi connectivity index (χ4v) is 5.86. The van der Waals surface area contributed by atoms with E-state index in [0.29, 0.717) is 27.7 Å². The molecule has 2 nitrogen and oxygen atoms in total. The fraction of sp³-hybridized carbons (Fsp3) is 0. The molecule has 0 radical (unpaired) electrons. The van der Waals surface area contributed by atoms with Gasteiger partial charge in [0.25, 0.3) is 0 Å². The molecular formula is C46H31NO. The van der Waals surface area contributed by atoms with Crippen molar-refractivity contribution in [2.45, 2.75) is 0 Å². The monoisotopic (exact) mass is 631 g/mol. The summed E-state index contributed by atoms with van der Waals surface area (Å²) in [5.41, 5.74) is -1.66. The van der Waals surface area contributed by atoms with Gasteiger partial charge in [0, 0.05) is 33.1 Å². The minimum absolute atomic E-state index is 0.0689. The first-order chi connectivity index (χ1) is 31.3. The molecule has 0 atom stereocenters. The number of nitrogens with zero attached hydrogens (tertiary/aromatic N) is 1. The van der Waals surface area contributed by atoms with Gasteiger partial charge in [-0.15, -0.1) is 0 Å². The van der Waals surface area contributed by atoms with Crippen LogP contribution < -0.4 is 4.90 Å². The molecule has 0 unspecified atom stereocenters. The molecule has 0 N–H and O–H groups in total. The van der Waals surface area contributed by atoms with E-state index in [1.54, 1.807) is 36.4 Å². The van der Waals surface area contributed by atoms with Crippen LogP contribution in [0.1, 0.15) is 24.7 Å². The molecule has 0 saturated carbocycles. The predicted molar refractivity (Wildman–Crippen MR) is 202 cm³/mol. The Morgan fingerprint density at radius 2 is 1.02 bits per heavy atom. The number of fused-ring (bicyclic) bond motifs is 5. The van der Waals surface area contributed by atoms with Crippen LogP contribution in [0.5, 0.6) is 0 Å². The Bertz CT molecular complexity index is 3490. The molecule has 0 aliphatic carbocycles. The van der Waals surface area contributed by atoms with Crippen LogP contribution in [0.3, 0.4) is 0 Å². The van der Waals surface area contributed by atoms with Crippen molar-refractivity contribution < 1.29 is 29.1 Å². The number of furan rings is 1. The third-order valence-corrected chi connectivity index (χ3v) is 7.99. The van der Waals surface area contributed by atoms with Crippen molar-refractivity contribution in [2.24, 2.45) is 0 Å². The summed E-state index contributed by atoms with van der Waals surface area (Å²) in [7, 11) is 0. The van der Waals surface area contributed by atoms with Gasteiger partial charge in [-0.2, -0.15) is 0 Å². The van der Waals surface area contributed by atoms with Crippen LogP contribution in [0.4, 0.5) is 17.1 Å². The van der Waals surface area contributed by atoms with Crippen LogP contribution in [0, 0.1) is 0 Å². The predicted octanol–water partition coefficient (Wildman–Crippen LogP) is 13.2. The van der Waals surface area contributed by atoms with E-state index in [0.717, 1.165) is 21.1 Å². The molecule has 9 rings (SSSR count). The topological polar surface area (TPSA) is 16.4 Å². The lowest BCUT2D eigenvalue weighted by Crippen LogP contribution is -2.11. The van der Waals surface area contributed by atoms with Crippen LogP contribution in [0.25, 0.3) is 66.1 Å². The SMILES string of the molecule is [2H]c1c([2H])c([2H])c(-c2c([2H])c([2H])c(-c3c([2H])c([2H])c(N(c4ccccc4-c4cccc5oc6c7ccccc7ccc6c45)c4c([2H])c([2H])c([2H])c([2H])c4[2H])c([2H])c3[2H])c([2H])c2[2H])c([2H])c1[2H]. The maximum atomic E-state index is 9.53. The molecule has 48 heavy (non-hydrogen) atoms. The number of hydrogen-bond donors (Lipinski definition) is 0. The summed E-state index contributed by atoms with van der Waals surface area (Å²) in [6.07, 6.45) is 0. The average Bonchev–Trinajstić information content (AvgIpc) is 3.71. The Kier molecular flexibility index (Phi) is 3.68. The van der Waals surface area contributed by atoms with Crippen molar-refractivity contribution in [1.29, 1.82) is 0 Å². The second-order valence-corrected chi connectivity index (χ2v) is 10.7. The van der Waals surface area contributed by atoms with E-state index in [1.807, 2.05) is 36.4 Å². The minimum Gasteiger partial charge on any atom is -0.455 e. The highest BCUT2D eigenvalue weighted by Gasteiger charge is 2.20. The van der Waals surface area contributed by atoms with Gasteiger partial charge in [0.2, 0.25) is 0 Å². The Hall–Kier alpha value is -6.38. The van der Waals surface area contributed by atoms with E-state index < -0.39 is 142 Å². The number of para-hydroxylation sites is 2.